The van der Waals surface area contributed by atoms with Crippen LogP contribution < -0.4 is 0 Å². The largest absolute Gasteiger partial charge is 0.508 e. The highest BCUT2D eigenvalue weighted by Crippen LogP contribution is 2.21. The molecule has 0 bridgehead atoms. The third-order valence-corrected chi connectivity index (χ3v) is 1.71. The van der Waals surface area contributed by atoms with Gasteiger partial charge < -0.3 is 9.84 Å². The molecule has 0 radical (unpaired) electrons. The minimum absolute atomic E-state index is 0.294. The molecule has 1 aliphatic rings. The Morgan fingerprint density at radius 3 is 3.18 bits per heavy atom. The summed E-state index contributed by atoms with van der Waals surface area (Å²) >= 11 is 0. The predicted molar refractivity (Wildman–Crippen MR) is 41.9 cm³/mol. The average Bonchev–Trinajstić information content (AvgIpc) is 2.04. The summed E-state index contributed by atoms with van der Waals surface area (Å²) in [7, 11) is 0. The molecule has 1 aliphatic heterocycles. The number of phenolic OH excluding ortho intramolecular Hbond substituents is 1. The highest BCUT2D eigenvalue weighted by molar-refractivity contribution is 5.55. The fourth-order valence-electron chi connectivity index (χ4n) is 1.14. The quantitative estimate of drug-likeness (QED) is 0.608. The lowest BCUT2D eigenvalue weighted by atomic mass is 10.1. The van der Waals surface area contributed by atoms with Crippen LogP contribution >= 0.6 is 0 Å². The molecule has 2 nitrogen and oxygen atoms in total. The molecule has 0 fully saturated rings. The van der Waals surface area contributed by atoms with Crippen LogP contribution in [0.3, 0.4) is 0 Å². The standard InChI is InChI=1S/C9H8O2/c10-9-2-1-7-3-4-11-6-8(7)5-9/h1-5,10H,6H2. The Balaban J connectivity index is 2.53. The first-order valence-electron chi connectivity index (χ1n) is 3.46. The number of phenols is 1. The molecular weight excluding hydrogens is 140 g/mol. The summed E-state index contributed by atoms with van der Waals surface area (Å²) in [5, 5.41) is 9.11. The van der Waals surface area contributed by atoms with Gasteiger partial charge in [0, 0.05) is 5.56 Å². The van der Waals surface area contributed by atoms with E-state index in [0.717, 1.165) is 11.1 Å². The first kappa shape index (κ1) is 6.28. The second kappa shape index (κ2) is 2.31. The molecule has 0 aliphatic carbocycles. The second-order valence-electron chi connectivity index (χ2n) is 2.50. The maximum atomic E-state index is 9.11. The van der Waals surface area contributed by atoms with Gasteiger partial charge in [0.15, 0.2) is 0 Å². The van der Waals surface area contributed by atoms with E-state index >= 15 is 0 Å². The zero-order valence-corrected chi connectivity index (χ0v) is 5.95. The number of rotatable bonds is 0. The first-order chi connectivity index (χ1) is 5.36. The van der Waals surface area contributed by atoms with Crippen molar-refractivity contribution in [2.45, 2.75) is 6.61 Å². The van der Waals surface area contributed by atoms with Gasteiger partial charge in [-0.05, 0) is 23.8 Å². The van der Waals surface area contributed by atoms with E-state index in [2.05, 4.69) is 0 Å². The molecule has 1 N–H and O–H groups in total. The maximum absolute atomic E-state index is 9.11. The van der Waals surface area contributed by atoms with Gasteiger partial charge in [-0.2, -0.15) is 0 Å². The maximum Gasteiger partial charge on any atom is 0.116 e. The van der Waals surface area contributed by atoms with E-state index in [1.807, 2.05) is 12.1 Å². The van der Waals surface area contributed by atoms with E-state index in [-0.39, 0.29) is 0 Å². The van der Waals surface area contributed by atoms with Crippen LogP contribution in [0, 0.1) is 0 Å². The van der Waals surface area contributed by atoms with Crippen LogP contribution in [-0.4, -0.2) is 5.11 Å². The Morgan fingerprint density at radius 1 is 1.36 bits per heavy atom. The third-order valence-electron chi connectivity index (χ3n) is 1.71. The number of benzene rings is 1. The van der Waals surface area contributed by atoms with E-state index in [9.17, 15) is 0 Å². The minimum Gasteiger partial charge on any atom is -0.508 e. The van der Waals surface area contributed by atoms with Gasteiger partial charge >= 0.3 is 0 Å². The molecule has 0 amide bonds. The lowest BCUT2D eigenvalue weighted by Crippen LogP contribution is -1.94. The molecule has 2 rings (SSSR count). The SMILES string of the molecule is Oc1ccc2c(c1)COC=C2. The molecule has 0 spiro atoms. The van der Waals surface area contributed by atoms with E-state index in [4.69, 9.17) is 9.84 Å². The van der Waals surface area contributed by atoms with Crippen LogP contribution in [0.2, 0.25) is 0 Å². The van der Waals surface area contributed by atoms with Gasteiger partial charge in [-0.3, -0.25) is 0 Å². The highest BCUT2D eigenvalue weighted by Gasteiger charge is 2.04. The van der Waals surface area contributed by atoms with Crippen LogP contribution in [-0.2, 0) is 11.3 Å². The van der Waals surface area contributed by atoms with Crippen molar-refractivity contribution in [1.29, 1.82) is 0 Å². The van der Waals surface area contributed by atoms with Crippen LogP contribution in [0.25, 0.3) is 6.08 Å². The summed E-state index contributed by atoms with van der Waals surface area (Å²) in [5.74, 6) is 0.294. The molecule has 1 aromatic carbocycles. The van der Waals surface area contributed by atoms with Crippen LogP contribution in [0.15, 0.2) is 24.5 Å². The summed E-state index contributed by atoms with van der Waals surface area (Å²) in [4.78, 5) is 0. The Kier molecular flexibility index (Phi) is 1.32. The van der Waals surface area contributed by atoms with E-state index in [1.54, 1.807) is 18.4 Å². The Bertz CT molecular complexity index is 302. The number of ether oxygens (including phenoxy) is 1. The van der Waals surface area contributed by atoms with Gasteiger partial charge in [0.25, 0.3) is 0 Å². The zero-order chi connectivity index (χ0) is 7.68. The number of hydrogen-bond donors (Lipinski definition) is 1. The Labute approximate surface area is 64.7 Å². The van der Waals surface area contributed by atoms with Crippen molar-refractivity contribution in [3.63, 3.8) is 0 Å². The minimum atomic E-state index is 0.294. The molecule has 1 heterocycles. The summed E-state index contributed by atoms with van der Waals surface area (Å²) < 4.78 is 5.06. The number of fused-ring (bicyclic) bond motifs is 1. The molecule has 0 atom stereocenters. The molecule has 1 aromatic rings. The van der Waals surface area contributed by atoms with Gasteiger partial charge in [-0.1, -0.05) is 6.07 Å². The van der Waals surface area contributed by atoms with Gasteiger partial charge in [0.1, 0.15) is 12.4 Å². The van der Waals surface area contributed by atoms with Crippen molar-refractivity contribution in [1.82, 2.24) is 0 Å². The predicted octanol–water partition coefficient (Wildman–Crippen LogP) is 1.89. The number of hydrogen-bond acceptors (Lipinski definition) is 2. The van der Waals surface area contributed by atoms with E-state index < -0.39 is 0 Å². The third kappa shape index (κ3) is 1.07. The Morgan fingerprint density at radius 2 is 2.27 bits per heavy atom. The Hall–Kier alpha value is -1.44. The van der Waals surface area contributed by atoms with Crippen molar-refractivity contribution in [3.05, 3.63) is 35.6 Å². The molecule has 0 aromatic heterocycles. The first-order valence-corrected chi connectivity index (χ1v) is 3.46. The molecule has 0 saturated heterocycles. The molecule has 0 saturated carbocycles. The van der Waals surface area contributed by atoms with Crippen molar-refractivity contribution >= 4 is 6.08 Å². The molecule has 11 heavy (non-hydrogen) atoms. The normalized spacial score (nSPS) is 13.8. The fourth-order valence-corrected chi connectivity index (χ4v) is 1.14. The topological polar surface area (TPSA) is 29.5 Å². The molecular formula is C9H8O2. The average molecular weight is 148 g/mol. The number of aromatic hydroxyl groups is 1. The van der Waals surface area contributed by atoms with Crippen LogP contribution in [0.5, 0.6) is 5.75 Å². The van der Waals surface area contributed by atoms with Crippen LogP contribution in [0.1, 0.15) is 11.1 Å². The zero-order valence-electron chi connectivity index (χ0n) is 5.95. The molecule has 56 valence electrons. The van der Waals surface area contributed by atoms with Crippen molar-refractivity contribution in [2.75, 3.05) is 0 Å². The van der Waals surface area contributed by atoms with E-state index in [1.165, 1.54) is 0 Å². The van der Waals surface area contributed by atoms with Crippen molar-refractivity contribution < 1.29 is 9.84 Å². The van der Waals surface area contributed by atoms with Gasteiger partial charge in [0.05, 0.1) is 6.26 Å². The summed E-state index contributed by atoms with van der Waals surface area (Å²) in [6.07, 6.45) is 3.55. The monoisotopic (exact) mass is 148 g/mol. The summed E-state index contributed by atoms with van der Waals surface area (Å²) in [6.45, 7) is 0.556. The van der Waals surface area contributed by atoms with Gasteiger partial charge in [-0.15, -0.1) is 0 Å². The van der Waals surface area contributed by atoms with Crippen molar-refractivity contribution in [2.24, 2.45) is 0 Å². The van der Waals surface area contributed by atoms with Crippen molar-refractivity contribution in [3.8, 4) is 5.75 Å². The summed E-state index contributed by atoms with van der Waals surface area (Å²) in [6, 6.07) is 5.27. The highest BCUT2D eigenvalue weighted by atomic mass is 16.5. The van der Waals surface area contributed by atoms with Crippen LogP contribution in [0.4, 0.5) is 0 Å². The smallest absolute Gasteiger partial charge is 0.116 e. The molecule has 0 unspecified atom stereocenters. The summed E-state index contributed by atoms with van der Waals surface area (Å²) in [5.41, 5.74) is 2.15. The molecule has 2 heteroatoms. The van der Waals surface area contributed by atoms with Gasteiger partial charge in [0.2, 0.25) is 0 Å². The fraction of sp³-hybridized carbons (Fsp3) is 0.111. The van der Waals surface area contributed by atoms with E-state index in [0.29, 0.717) is 12.4 Å². The van der Waals surface area contributed by atoms with Gasteiger partial charge in [-0.25, -0.2) is 0 Å². The lowest BCUT2D eigenvalue weighted by Gasteiger charge is -2.10. The lowest BCUT2D eigenvalue weighted by molar-refractivity contribution is 0.234. The second-order valence-corrected chi connectivity index (χ2v) is 2.50.